The zero-order valence-corrected chi connectivity index (χ0v) is 13.0. The fourth-order valence-corrected chi connectivity index (χ4v) is 3.07. The summed E-state index contributed by atoms with van der Waals surface area (Å²) in [6, 6.07) is 6.44. The van der Waals surface area contributed by atoms with Gasteiger partial charge in [-0.2, -0.15) is 0 Å². The number of hydrogen-bond donors (Lipinski definition) is 1. The van der Waals surface area contributed by atoms with E-state index in [1.54, 1.807) is 7.11 Å². The van der Waals surface area contributed by atoms with Gasteiger partial charge in [-0.05, 0) is 42.0 Å². The monoisotopic (exact) mass is 291 g/mol. The number of methoxy groups -OCH3 is 1. The van der Waals surface area contributed by atoms with E-state index in [4.69, 9.17) is 14.2 Å². The van der Waals surface area contributed by atoms with Crippen molar-refractivity contribution in [3.63, 3.8) is 0 Å². The van der Waals surface area contributed by atoms with E-state index in [1.165, 1.54) is 12.0 Å². The van der Waals surface area contributed by atoms with Crippen molar-refractivity contribution in [1.29, 1.82) is 0 Å². The minimum Gasteiger partial charge on any atom is -0.490 e. The molecule has 0 amide bonds. The number of rotatable bonds is 6. The Labute approximate surface area is 126 Å². The molecular weight excluding hydrogens is 266 g/mol. The summed E-state index contributed by atoms with van der Waals surface area (Å²) in [5.41, 5.74) is 1.63. The zero-order valence-electron chi connectivity index (χ0n) is 13.0. The standard InChI is InChI=1S/C17H25NO3/c1-17(11-14(17)12-18-6-9-19-2)13-4-5-15-16(10-13)21-8-3-7-20-15/h4-5,10,14,18H,3,6-9,11-12H2,1-2H3. The molecule has 0 radical (unpaired) electrons. The van der Waals surface area contributed by atoms with E-state index in [0.29, 0.717) is 5.92 Å². The van der Waals surface area contributed by atoms with E-state index in [-0.39, 0.29) is 5.41 Å². The molecule has 2 unspecified atom stereocenters. The van der Waals surface area contributed by atoms with Gasteiger partial charge in [-0.15, -0.1) is 0 Å². The highest BCUT2D eigenvalue weighted by atomic mass is 16.5. The number of ether oxygens (including phenoxy) is 3. The molecule has 0 saturated heterocycles. The molecule has 2 atom stereocenters. The van der Waals surface area contributed by atoms with E-state index in [0.717, 1.165) is 50.8 Å². The summed E-state index contributed by atoms with van der Waals surface area (Å²) in [7, 11) is 1.74. The molecule has 116 valence electrons. The Hall–Kier alpha value is -1.26. The van der Waals surface area contributed by atoms with Crippen LogP contribution in [0.3, 0.4) is 0 Å². The third kappa shape index (κ3) is 3.16. The molecule has 1 aromatic rings. The van der Waals surface area contributed by atoms with Crippen LogP contribution in [0.2, 0.25) is 0 Å². The highest BCUT2D eigenvalue weighted by molar-refractivity contribution is 5.47. The van der Waals surface area contributed by atoms with E-state index in [2.05, 4.69) is 30.4 Å². The van der Waals surface area contributed by atoms with Gasteiger partial charge in [0.15, 0.2) is 11.5 Å². The van der Waals surface area contributed by atoms with Crippen molar-refractivity contribution < 1.29 is 14.2 Å². The van der Waals surface area contributed by atoms with Gasteiger partial charge in [-0.1, -0.05) is 13.0 Å². The van der Waals surface area contributed by atoms with Gasteiger partial charge in [-0.25, -0.2) is 0 Å². The van der Waals surface area contributed by atoms with Crippen molar-refractivity contribution in [3.05, 3.63) is 23.8 Å². The summed E-state index contributed by atoms with van der Waals surface area (Å²) in [4.78, 5) is 0. The van der Waals surface area contributed by atoms with Crippen molar-refractivity contribution in [2.45, 2.75) is 25.2 Å². The first-order valence-electron chi connectivity index (χ1n) is 7.84. The van der Waals surface area contributed by atoms with E-state index < -0.39 is 0 Å². The van der Waals surface area contributed by atoms with Crippen molar-refractivity contribution >= 4 is 0 Å². The molecule has 0 aromatic heterocycles. The molecular formula is C17H25NO3. The van der Waals surface area contributed by atoms with Gasteiger partial charge in [0.1, 0.15) is 0 Å². The molecule has 4 heteroatoms. The Morgan fingerprint density at radius 1 is 1.29 bits per heavy atom. The first kappa shape index (κ1) is 14.7. The quantitative estimate of drug-likeness (QED) is 0.817. The fraction of sp³-hybridized carbons (Fsp3) is 0.647. The van der Waals surface area contributed by atoms with E-state index in [1.807, 2.05) is 0 Å². The van der Waals surface area contributed by atoms with Crippen LogP contribution < -0.4 is 14.8 Å². The summed E-state index contributed by atoms with van der Waals surface area (Å²) in [5, 5.41) is 3.46. The molecule has 1 aromatic carbocycles. The molecule has 0 bridgehead atoms. The number of hydrogen-bond acceptors (Lipinski definition) is 4. The maximum atomic E-state index is 5.80. The van der Waals surface area contributed by atoms with Crippen LogP contribution in [0.15, 0.2) is 18.2 Å². The van der Waals surface area contributed by atoms with Gasteiger partial charge in [0.25, 0.3) is 0 Å². The molecule has 1 fully saturated rings. The van der Waals surface area contributed by atoms with Gasteiger partial charge in [0, 0.05) is 20.1 Å². The van der Waals surface area contributed by atoms with Crippen molar-refractivity contribution in [3.8, 4) is 11.5 Å². The Balaban J connectivity index is 1.63. The van der Waals surface area contributed by atoms with Gasteiger partial charge in [0.05, 0.1) is 19.8 Å². The summed E-state index contributed by atoms with van der Waals surface area (Å²) in [5.74, 6) is 2.48. The maximum absolute atomic E-state index is 5.80. The second kappa shape index (κ2) is 6.24. The lowest BCUT2D eigenvalue weighted by Crippen LogP contribution is -2.23. The average Bonchev–Trinajstić information content (AvgIpc) is 3.21. The fourth-order valence-electron chi connectivity index (χ4n) is 3.07. The molecule has 1 aliphatic carbocycles. The lowest BCUT2D eigenvalue weighted by Gasteiger charge is -2.15. The molecule has 0 spiro atoms. The Kier molecular flexibility index (Phi) is 4.36. The average molecular weight is 291 g/mol. The van der Waals surface area contributed by atoms with Gasteiger partial charge in [-0.3, -0.25) is 0 Å². The minimum absolute atomic E-state index is 0.269. The Bertz CT molecular complexity index is 491. The van der Waals surface area contributed by atoms with Gasteiger partial charge >= 0.3 is 0 Å². The largest absolute Gasteiger partial charge is 0.490 e. The second-order valence-electron chi connectivity index (χ2n) is 6.23. The van der Waals surface area contributed by atoms with Crippen LogP contribution in [0.25, 0.3) is 0 Å². The Morgan fingerprint density at radius 3 is 2.90 bits per heavy atom. The van der Waals surface area contributed by atoms with E-state index >= 15 is 0 Å². The van der Waals surface area contributed by atoms with Crippen molar-refractivity contribution in [1.82, 2.24) is 5.32 Å². The SMILES string of the molecule is COCCNCC1CC1(C)c1ccc2c(c1)OCCCO2. The normalized spacial score (nSPS) is 27.2. The predicted molar refractivity (Wildman–Crippen MR) is 82.3 cm³/mol. The highest BCUT2D eigenvalue weighted by Gasteiger charge is 2.50. The predicted octanol–water partition coefficient (Wildman–Crippen LogP) is 2.36. The van der Waals surface area contributed by atoms with Crippen LogP contribution in [0.1, 0.15) is 25.3 Å². The number of nitrogens with one attached hydrogen (secondary N) is 1. The molecule has 1 saturated carbocycles. The topological polar surface area (TPSA) is 39.7 Å². The molecule has 4 nitrogen and oxygen atoms in total. The first-order valence-corrected chi connectivity index (χ1v) is 7.84. The summed E-state index contributed by atoms with van der Waals surface area (Å²) < 4.78 is 16.6. The Morgan fingerprint density at radius 2 is 2.10 bits per heavy atom. The third-order valence-corrected chi connectivity index (χ3v) is 4.69. The van der Waals surface area contributed by atoms with Crippen LogP contribution >= 0.6 is 0 Å². The van der Waals surface area contributed by atoms with Crippen LogP contribution in [0.5, 0.6) is 11.5 Å². The summed E-state index contributed by atoms with van der Waals surface area (Å²) in [6.07, 6.45) is 2.18. The van der Waals surface area contributed by atoms with Crippen molar-refractivity contribution in [2.75, 3.05) is 40.0 Å². The maximum Gasteiger partial charge on any atom is 0.161 e. The van der Waals surface area contributed by atoms with E-state index in [9.17, 15) is 0 Å². The lowest BCUT2D eigenvalue weighted by atomic mass is 9.95. The van der Waals surface area contributed by atoms with Gasteiger partial charge < -0.3 is 19.5 Å². The number of benzene rings is 1. The van der Waals surface area contributed by atoms with Crippen LogP contribution in [0, 0.1) is 5.92 Å². The van der Waals surface area contributed by atoms with Crippen LogP contribution in [-0.4, -0.2) is 40.0 Å². The summed E-state index contributed by atoms with van der Waals surface area (Å²) in [6.45, 7) is 6.58. The van der Waals surface area contributed by atoms with Crippen LogP contribution in [-0.2, 0) is 10.2 Å². The molecule has 1 heterocycles. The molecule has 21 heavy (non-hydrogen) atoms. The molecule has 3 rings (SSSR count). The molecule has 1 aliphatic heterocycles. The van der Waals surface area contributed by atoms with Crippen LogP contribution in [0.4, 0.5) is 0 Å². The third-order valence-electron chi connectivity index (χ3n) is 4.69. The molecule has 1 N–H and O–H groups in total. The lowest BCUT2D eigenvalue weighted by molar-refractivity contribution is 0.199. The smallest absolute Gasteiger partial charge is 0.161 e. The van der Waals surface area contributed by atoms with Gasteiger partial charge in [0.2, 0.25) is 0 Å². The first-order chi connectivity index (χ1) is 10.2. The summed E-state index contributed by atoms with van der Waals surface area (Å²) >= 11 is 0. The molecule has 2 aliphatic rings. The van der Waals surface area contributed by atoms with Crippen molar-refractivity contribution in [2.24, 2.45) is 5.92 Å². The minimum atomic E-state index is 0.269. The number of fused-ring (bicyclic) bond motifs is 1. The second-order valence-corrected chi connectivity index (χ2v) is 6.23. The highest BCUT2D eigenvalue weighted by Crippen LogP contribution is 2.54. The zero-order chi connectivity index (χ0) is 14.7.